The lowest BCUT2D eigenvalue weighted by atomic mass is 9.94. The zero-order chi connectivity index (χ0) is 22.9. The average Bonchev–Trinajstić information content (AvgIpc) is 3.43. The number of hydrogen-bond donors (Lipinski definition) is 0. The van der Waals surface area contributed by atoms with Gasteiger partial charge in [-0.15, -0.1) is 11.3 Å². The monoisotopic (exact) mass is 468 g/mol. The van der Waals surface area contributed by atoms with Crippen LogP contribution in [0, 0.1) is 11.7 Å². The van der Waals surface area contributed by atoms with Crippen molar-refractivity contribution >= 4 is 33.4 Å². The first-order chi connectivity index (χ1) is 16.0. The molecule has 3 aromatic rings. The van der Waals surface area contributed by atoms with Gasteiger partial charge in [0.15, 0.2) is 0 Å². The van der Waals surface area contributed by atoms with Gasteiger partial charge in [-0.05, 0) is 55.1 Å². The molecule has 0 spiro atoms. The summed E-state index contributed by atoms with van der Waals surface area (Å²) >= 11 is 1.61. The van der Waals surface area contributed by atoms with Gasteiger partial charge < -0.3 is 19.3 Å². The predicted molar refractivity (Wildman–Crippen MR) is 128 cm³/mol. The number of thiophene rings is 1. The highest BCUT2D eigenvalue weighted by atomic mass is 32.1. The number of likely N-dealkylation sites (N-methyl/N-ethyl adjacent to an activating group) is 1. The largest absolute Gasteiger partial charge is 0.340 e. The number of piperazine rings is 1. The Morgan fingerprint density at radius 2 is 1.67 bits per heavy atom. The third-order valence-electron chi connectivity index (χ3n) is 6.94. The van der Waals surface area contributed by atoms with Gasteiger partial charge in [-0.2, -0.15) is 0 Å². The molecule has 5 rings (SSSR count). The summed E-state index contributed by atoms with van der Waals surface area (Å²) in [5.41, 5.74) is 2.63. The van der Waals surface area contributed by atoms with E-state index in [2.05, 4.69) is 11.9 Å². The molecule has 2 amide bonds. The molecule has 2 aliphatic heterocycles. The van der Waals surface area contributed by atoms with Gasteiger partial charge in [0.25, 0.3) is 5.91 Å². The van der Waals surface area contributed by atoms with Crippen LogP contribution in [0.1, 0.15) is 28.9 Å². The van der Waals surface area contributed by atoms with Crippen molar-refractivity contribution < 1.29 is 14.0 Å². The van der Waals surface area contributed by atoms with Crippen molar-refractivity contribution in [2.24, 2.45) is 5.92 Å². The van der Waals surface area contributed by atoms with Gasteiger partial charge in [0.05, 0.1) is 10.2 Å². The molecule has 0 radical (unpaired) electrons. The number of amides is 2. The molecule has 174 valence electrons. The van der Waals surface area contributed by atoms with Gasteiger partial charge in [0, 0.05) is 51.7 Å². The van der Waals surface area contributed by atoms with E-state index >= 15 is 0 Å². The van der Waals surface area contributed by atoms with Gasteiger partial charge in [-0.25, -0.2) is 4.39 Å². The van der Waals surface area contributed by atoms with Crippen LogP contribution in [0.3, 0.4) is 0 Å². The molecule has 0 atom stereocenters. The van der Waals surface area contributed by atoms with Crippen LogP contribution in [0.4, 0.5) is 4.39 Å². The van der Waals surface area contributed by atoms with Crippen molar-refractivity contribution in [2.75, 3.05) is 46.3 Å². The second-order valence-electron chi connectivity index (χ2n) is 9.11. The summed E-state index contributed by atoms with van der Waals surface area (Å²) < 4.78 is 16.4. The maximum Gasteiger partial charge on any atom is 0.270 e. The maximum atomic E-state index is 13.5. The average molecular weight is 469 g/mol. The lowest BCUT2D eigenvalue weighted by Crippen LogP contribution is -2.51. The van der Waals surface area contributed by atoms with Crippen molar-refractivity contribution in [1.29, 1.82) is 0 Å². The number of aromatic nitrogens is 1. The minimum Gasteiger partial charge on any atom is -0.340 e. The molecule has 8 heteroatoms. The van der Waals surface area contributed by atoms with Crippen LogP contribution in [0.25, 0.3) is 10.2 Å². The SMILES string of the molecule is CN1CCN(C(=O)C2CCN(C(=O)c3cc4sccc4n3Cc3ccc(F)cc3)CC2)CC1. The standard InChI is InChI=1S/C25H29FN4O2S/c1-27-11-13-29(14-12-27)24(31)19-6-9-28(10-7-19)25(32)22-16-23-21(8-15-33-23)30(22)17-18-2-4-20(26)5-3-18/h2-5,8,15-16,19H,6-7,9-14,17H2,1H3. The molecule has 0 aliphatic carbocycles. The Morgan fingerprint density at radius 1 is 0.970 bits per heavy atom. The Morgan fingerprint density at radius 3 is 2.36 bits per heavy atom. The molecule has 0 bridgehead atoms. The molecule has 6 nitrogen and oxygen atoms in total. The normalized spacial score (nSPS) is 18.2. The van der Waals surface area contributed by atoms with Gasteiger partial charge in [0.2, 0.25) is 5.91 Å². The van der Waals surface area contributed by atoms with Crippen molar-refractivity contribution in [1.82, 2.24) is 19.3 Å². The molecule has 2 aromatic heterocycles. The highest BCUT2D eigenvalue weighted by Gasteiger charge is 2.32. The van der Waals surface area contributed by atoms with Crippen LogP contribution in [0.15, 0.2) is 41.8 Å². The van der Waals surface area contributed by atoms with Gasteiger partial charge in [0.1, 0.15) is 11.5 Å². The molecule has 0 saturated carbocycles. The summed E-state index contributed by atoms with van der Waals surface area (Å²) in [6.45, 7) is 5.14. The fraction of sp³-hybridized carbons (Fsp3) is 0.440. The van der Waals surface area contributed by atoms with E-state index in [0.29, 0.717) is 38.2 Å². The van der Waals surface area contributed by atoms with Crippen molar-refractivity contribution in [3.63, 3.8) is 0 Å². The van der Waals surface area contributed by atoms with Gasteiger partial charge >= 0.3 is 0 Å². The summed E-state index contributed by atoms with van der Waals surface area (Å²) in [6.07, 6.45) is 1.42. The van der Waals surface area contributed by atoms with E-state index in [1.54, 1.807) is 23.5 Å². The minimum absolute atomic E-state index is 0.00556. The van der Waals surface area contributed by atoms with E-state index in [1.165, 1.54) is 12.1 Å². The smallest absolute Gasteiger partial charge is 0.270 e. The molecule has 1 aromatic carbocycles. The van der Waals surface area contributed by atoms with Crippen LogP contribution >= 0.6 is 11.3 Å². The number of carbonyl (C=O) groups is 2. The second kappa shape index (κ2) is 9.27. The van der Waals surface area contributed by atoms with E-state index in [0.717, 1.165) is 42.0 Å². The number of benzene rings is 1. The zero-order valence-corrected chi connectivity index (χ0v) is 19.7. The summed E-state index contributed by atoms with van der Waals surface area (Å²) in [7, 11) is 2.09. The summed E-state index contributed by atoms with van der Waals surface area (Å²) in [5, 5.41) is 2.02. The summed E-state index contributed by atoms with van der Waals surface area (Å²) in [4.78, 5) is 32.6. The van der Waals surface area contributed by atoms with Gasteiger partial charge in [-0.1, -0.05) is 12.1 Å². The van der Waals surface area contributed by atoms with E-state index in [9.17, 15) is 14.0 Å². The van der Waals surface area contributed by atoms with Crippen molar-refractivity contribution in [3.8, 4) is 0 Å². The van der Waals surface area contributed by atoms with Gasteiger partial charge in [-0.3, -0.25) is 9.59 Å². The Bertz CT molecular complexity index is 1140. The molecular formula is C25H29FN4O2S. The predicted octanol–water partition coefficient (Wildman–Crippen LogP) is 3.52. The number of halogens is 1. The quantitative estimate of drug-likeness (QED) is 0.589. The van der Waals surface area contributed by atoms with Crippen LogP contribution < -0.4 is 0 Å². The topological polar surface area (TPSA) is 48.8 Å². The molecule has 0 unspecified atom stereocenters. The first-order valence-corrected chi connectivity index (χ1v) is 12.5. The first-order valence-electron chi connectivity index (χ1n) is 11.6. The first kappa shape index (κ1) is 22.1. The highest BCUT2D eigenvalue weighted by Crippen LogP contribution is 2.29. The number of hydrogen-bond acceptors (Lipinski definition) is 4. The van der Waals surface area contributed by atoms with E-state index in [-0.39, 0.29) is 23.5 Å². The van der Waals surface area contributed by atoms with Crippen LogP contribution in [0.2, 0.25) is 0 Å². The van der Waals surface area contributed by atoms with E-state index in [1.807, 2.05) is 31.9 Å². The molecule has 4 heterocycles. The summed E-state index contributed by atoms with van der Waals surface area (Å²) in [6, 6.07) is 10.4. The third-order valence-corrected chi connectivity index (χ3v) is 7.80. The fourth-order valence-electron chi connectivity index (χ4n) is 4.87. The number of piperidine rings is 1. The minimum atomic E-state index is -0.266. The van der Waals surface area contributed by atoms with Crippen LogP contribution in [-0.2, 0) is 11.3 Å². The number of carbonyl (C=O) groups excluding carboxylic acids is 2. The lowest BCUT2D eigenvalue weighted by molar-refractivity contribution is -0.138. The number of rotatable bonds is 4. The van der Waals surface area contributed by atoms with Crippen molar-refractivity contribution in [2.45, 2.75) is 19.4 Å². The molecule has 0 N–H and O–H groups in total. The van der Waals surface area contributed by atoms with E-state index in [4.69, 9.17) is 0 Å². The molecule has 2 saturated heterocycles. The zero-order valence-electron chi connectivity index (χ0n) is 18.9. The maximum absolute atomic E-state index is 13.5. The Kier molecular flexibility index (Phi) is 6.21. The number of likely N-dealkylation sites (tertiary alicyclic amines) is 1. The van der Waals surface area contributed by atoms with Crippen LogP contribution in [-0.4, -0.2) is 77.4 Å². The molecule has 2 fully saturated rings. The second-order valence-corrected chi connectivity index (χ2v) is 10.1. The van der Waals surface area contributed by atoms with Crippen molar-refractivity contribution in [3.05, 3.63) is 58.9 Å². The molecule has 2 aliphatic rings. The fourth-order valence-corrected chi connectivity index (χ4v) is 5.70. The lowest BCUT2D eigenvalue weighted by Gasteiger charge is -2.37. The number of nitrogens with zero attached hydrogens (tertiary/aromatic N) is 4. The number of fused-ring (bicyclic) bond motifs is 1. The van der Waals surface area contributed by atoms with E-state index < -0.39 is 0 Å². The molecule has 33 heavy (non-hydrogen) atoms. The summed E-state index contributed by atoms with van der Waals surface area (Å²) in [5.74, 6) is -0.00872. The van der Waals surface area contributed by atoms with Crippen LogP contribution in [0.5, 0.6) is 0 Å². The Balaban J connectivity index is 1.28. The highest BCUT2D eigenvalue weighted by molar-refractivity contribution is 7.17. The molecular weight excluding hydrogens is 439 g/mol. The Hall–Kier alpha value is -2.71. The third kappa shape index (κ3) is 4.54. The Labute approximate surface area is 197 Å².